The molecule has 1 saturated heterocycles. The van der Waals surface area contributed by atoms with E-state index in [9.17, 15) is 9.90 Å². The van der Waals surface area contributed by atoms with Crippen LogP contribution in [0.3, 0.4) is 0 Å². The summed E-state index contributed by atoms with van der Waals surface area (Å²) in [5.74, 6) is 1.69. The first-order valence-electron chi connectivity index (χ1n) is 6.41. The first-order chi connectivity index (χ1) is 8.65. The molecule has 18 heavy (non-hydrogen) atoms. The van der Waals surface area contributed by atoms with Crippen LogP contribution >= 0.6 is 24.0 Å². The van der Waals surface area contributed by atoms with Gasteiger partial charge in [-0.2, -0.15) is 0 Å². The Morgan fingerprint density at radius 2 is 2.28 bits per heavy atom. The number of thiol groups is 1. The molecule has 0 aromatic carbocycles. The molecular weight excluding hydrogens is 266 g/mol. The maximum atomic E-state index is 12.5. The smallest absolute Gasteiger partial charge is 0.264 e. The molecule has 2 saturated carbocycles. The van der Waals surface area contributed by atoms with Crippen molar-refractivity contribution in [2.75, 3.05) is 6.54 Å². The number of hydrogen-bond donors (Lipinski definition) is 2. The molecule has 5 unspecified atom stereocenters. The number of thiophene rings is 1. The van der Waals surface area contributed by atoms with Crippen LogP contribution in [0.15, 0.2) is 16.3 Å². The molecule has 2 aliphatic carbocycles. The van der Waals surface area contributed by atoms with Crippen LogP contribution in [0.2, 0.25) is 0 Å². The lowest BCUT2D eigenvalue weighted by Gasteiger charge is -2.28. The maximum Gasteiger partial charge on any atom is 0.264 e. The molecule has 3 nitrogen and oxygen atoms in total. The minimum atomic E-state index is -0.298. The number of aliphatic hydroxyl groups is 1. The van der Waals surface area contributed by atoms with Crippen LogP contribution < -0.4 is 0 Å². The molecule has 1 aromatic heterocycles. The summed E-state index contributed by atoms with van der Waals surface area (Å²) >= 11 is 5.70. The highest BCUT2D eigenvalue weighted by atomic mass is 32.1. The Kier molecular flexibility index (Phi) is 2.35. The molecule has 5 heteroatoms. The van der Waals surface area contributed by atoms with Crippen LogP contribution in [0.5, 0.6) is 0 Å². The van der Waals surface area contributed by atoms with E-state index in [1.54, 1.807) is 0 Å². The van der Waals surface area contributed by atoms with Crippen LogP contribution in [0, 0.1) is 17.8 Å². The second kappa shape index (κ2) is 3.74. The summed E-state index contributed by atoms with van der Waals surface area (Å²) < 4.78 is 0. The van der Waals surface area contributed by atoms with Crippen molar-refractivity contribution >= 4 is 29.9 Å². The van der Waals surface area contributed by atoms with Crippen LogP contribution in [-0.4, -0.2) is 34.6 Å². The second-order valence-electron chi connectivity index (χ2n) is 5.76. The Bertz CT molecular complexity index is 513. The summed E-state index contributed by atoms with van der Waals surface area (Å²) in [4.78, 5) is 16.0. The highest BCUT2D eigenvalue weighted by molar-refractivity contribution is 7.80. The van der Waals surface area contributed by atoms with E-state index in [1.165, 1.54) is 11.3 Å². The fourth-order valence-corrected chi connectivity index (χ4v) is 5.33. The molecule has 0 spiro atoms. The third-order valence-electron chi connectivity index (χ3n) is 4.91. The molecule has 2 heterocycles. The van der Waals surface area contributed by atoms with Gasteiger partial charge in [0.2, 0.25) is 0 Å². The van der Waals surface area contributed by atoms with Gasteiger partial charge in [-0.05, 0) is 36.7 Å². The molecule has 1 aromatic rings. The number of fused-ring (bicyclic) bond motifs is 1. The van der Waals surface area contributed by atoms with E-state index in [4.69, 9.17) is 0 Å². The largest absolute Gasteiger partial charge is 0.391 e. The second-order valence-corrected chi connectivity index (χ2v) is 7.19. The van der Waals surface area contributed by atoms with Crippen molar-refractivity contribution in [1.82, 2.24) is 4.90 Å². The van der Waals surface area contributed by atoms with E-state index in [-0.39, 0.29) is 18.1 Å². The van der Waals surface area contributed by atoms with Crippen LogP contribution in [0.4, 0.5) is 0 Å². The molecule has 1 N–H and O–H groups in total. The van der Waals surface area contributed by atoms with Gasteiger partial charge in [0, 0.05) is 16.8 Å². The number of carbonyl (C=O) groups excluding carboxylic acids is 1. The molecule has 1 amide bonds. The SMILES string of the molecule is O=C(c1cc(S)cs1)N1CC2CC3CC2C1C3O. The lowest BCUT2D eigenvalue weighted by atomic mass is 9.88. The number of hydrogen-bond acceptors (Lipinski definition) is 4. The summed E-state index contributed by atoms with van der Waals surface area (Å²) in [6, 6.07) is 1.90. The monoisotopic (exact) mass is 281 g/mol. The van der Waals surface area contributed by atoms with Crippen molar-refractivity contribution in [3.8, 4) is 0 Å². The van der Waals surface area contributed by atoms with E-state index >= 15 is 0 Å². The zero-order valence-corrected chi connectivity index (χ0v) is 11.5. The number of rotatable bonds is 1. The van der Waals surface area contributed by atoms with E-state index in [0.29, 0.717) is 17.8 Å². The fraction of sp³-hybridized carbons (Fsp3) is 0.615. The molecular formula is C13H15NO2S2. The molecule has 5 atom stereocenters. The van der Waals surface area contributed by atoms with E-state index in [0.717, 1.165) is 29.2 Å². The Hall–Kier alpha value is -0.520. The highest BCUT2D eigenvalue weighted by Crippen LogP contribution is 2.55. The zero-order chi connectivity index (χ0) is 12.4. The lowest BCUT2D eigenvalue weighted by Crippen LogP contribution is -2.43. The Morgan fingerprint density at radius 3 is 2.94 bits per heavy atom. The van der Waals surface area contributed by atoms with Crippen LogP contribution in [-0.2, 0) is 0 Å². The van der Waals surface area contributed by atoms with Gasteiger partial charge in [-0.1, -0.05) is 0 Å². The third-order valence-corrected chi connectivity index (χ3v) is 6.26. The minimum absolute atomic E-state index is 0.0757. The molecule has 3 fully saturated rings. The van der Waals surface area contributed by atoms with Crippen LogP contribution in [0.1, 0.15) is 22.5 Å². The van der Waals surface area contributed by atoms with Gasteiger partial charge in [-0.15, -0.1) is 24.0 Å². The van der Waals surface area contributed by atoms with Gasteiger partial charge < -0.3 is 10.0 Å². The van der Waals surface area contributed by atoms with E-state index in [2.05, 4.69) is 12.6 Å². The van der Waals surface area contributed by atoms with Crippen molar-refractivity contribution in [2.24, 2.45) is 17.8 Å². The average Bonchev–Trinajstić information content (AvgIpc) is 3.01. The molecule has 0 radical (unpaired) electrons. The Morgan fingerprint density at radius 1 is 1.44 bits per heavy atom. The summed E-state index contributed by atoms with van der Waals surface area (Å²) in [7, 11) is 0. The summed E-state index contributed by atoms with van der Waals surface area (Å²) in [6.07, 6.45) is 1.92. The number of likely N-dealkylation sites (tertiary alicyclic amines) is 1. The topological polar surface area (TPSA) is 40.5 Å². The highest BCUT2D eigenvalue weighted by Gasteiger charge is 2.59. The van der Waals surface area contributed by atoms with Gasteiger partial charge in [0.1, 0.15) is 0 Å². The number of amides is 1. The van der Waals surface area contributed by atoms with Crippen molar-refractivity contribution in [3.63, 3.8) is 0 Å². The first-order valence-corrected chi connectivity index (χ1v) is 7.74. The van der Waals surface area contributed by atoms with Gasteiger partial charge in [-0.3, -0.25) is 4.79 Å². The predicted octanol–water partition coefficient (Wildman–Crippen LogP) is 1.88. The number of carbonyl (C=O) groups is 1. The van der Waals surface area contributed by atoms with Crippen molar-refractivity contribution in [2.45, 2.75) is 29.9 Å². The van der Waals surface area contributed by atoms with Gasteiger partial charge in [0.15, 0.2) is 0 Å². The Balaban J connectivity index is 1.65. The van der Waals surface area contributed by atoms with Gasteiger partial charge in [0.25, 0.3) is 5.91 Å². The lowest BCUT2D eigenvalue weighted by molar-refractivity contribution is 0.0405. The average molecular weight is 281 g/mol. The molecule has 4 rings (SSSR count). The van der Waals surface area contributed by atoms with Crippen molar-refractivity contribution in [1.29, 1.82) is 0 Å². The maximum absolute atomic E-state index is 12.5. The Labute approximate surface area is 115 Å². The first kappa shape index (κ1) is 11.3. The van der Waals surface area contributed by atoms with Crippen molar-refractivity contribution in [3.05, 3.63) is 16.3 Å². The number of nitrogens with zero attached hydrogens (tertiary/aromatic N) is 1. The minimum Gasteiger partial charge on any atom is -0.391 e. The standard InChI is InChI=1S/C13H15NO2S2/c15-12-6-1-7-4-14(11(12)9(7)2-6)13(16)10-3-8(17)5-18-10/h3,5-7,9,11-12,15,17H,1-2,4H2. The van der Waals surface area contributed by atoms with Crippen LogP contribution in [0.25, 0.3) is 0 Å². The summed E-state index contributed by atoms with van der Waals surface area (Å²) in [5.41, 5.74) is 0. The molecule has 3 aliphatic rings. The van der Waals surface area contributed by atoms with E-state index < -0.39 is 0 Å². The molecule has 1 aliphatic heterocycles. The summed E-state index contributed by atoms with van der Waals surface area (Å²) in [5, 5.41) is 12.2. The third kappa shape index (κ3) is 1.38. The van der Waals surface area contributed by atoms with Crippen molar-refractivity contribution < 1.29 is 9.90 Å². The fourth-order valence-electron chi connectivity index (χ4n) is 4.23. The van der Waals surface area contributed by atoms with Gasteiger partial charge in [0.05, 0.1) is 17.0 Å². The number of aliphatic hydroxyl groups excluding tert-OH is 1. The van der Waals surface area contributed by atoms with Gasteiger partial charge >= 0.3 is 0 Å². The summed E-state index contributed by atoms with van der Waals surface area (Å²) in [6.45, 7) is 0.835. The van der Waals surface area contributed by atoms with Gasteiger partial charge in [-0.25, -0.2) is 0 Å². The zero-order valence-electron chi connectivity index (χ0n) is 9.82. The van der Waals surface area contributed by atoms with E-state index in [1.807, 2.05) is 16.3 Å². The molecule has 96 valence electrons. The molecule has 2 bridgehead atoms. The predicted molar refractivity (Wildman–Crippen MR) is 72.1 cm³/mol. The quantitative estimate of drug-likeness (QED) is 0.772. The normalized spacial score (nSPS) is 40.8.